The first-order valence-corrected chi connectivity index (χ1v) is 11.0. The van der Waals surface area contributed by atoms with E-state index in [0.29, 0.717) is 13.2 Å². The Morgan fingerprint density at radius 2 is 2.00 bits per heavy atom. The number of carbonyl (C=O) groups excluding carboxylic acids is 1. The molecule has 0 saturated carbocycles. The van der Waals surface area contributed by atoms with Crippen molar-refractivity contribution >= 4 is 34.4 Å². The number of nitrogens with one attached hydrogen (secondary N) is 1. The van der Waals surface area contributed by atoms with Crippen LogP contribution in [0.5, 0.6) is 5.75 Å². The molecule has 4 aromatic rings. The number of aromatic nitrogens is 3. The molecule has 0 saturated heterocycles. The van der Waals surface area contributed by atoms with Gasteiger partial charge in [-0.05, 0) is 62.7 Å². The van der Waals surface area contributed by atoms with Gasteiger partial charge in [0.15, 0.2) is 0 Å². The summed E-state index contributed by atoms with van der Waals surface area (Å²) in [6, 6.07) is 11.2. The maximum atomic E-state index is 12.5. The van der Waals surface area contributed by atoms with Crippen LogP contribution in [0.15, 0.2) is 58.4 Å². The van der Waals surface area contributed by atoms with Gasteiger partial charge in [-0.3, -0.25) is 4.79 Å². The van der Waals surface area contributed by atoms with Crippen LogP contribution in [0.25, 0.3) is 11.0 Å². The van der Waals surface area contributed by atoms with Gasteiger partial charge in [0.05, 0.1) is 30.6 Å². The average Bonchev–Trinajstić information content (AvgIpc) is 3.37. The molecule has 0 aliphatic carbocycles. The summed E-state index contributed by atoms with van der Waals surface area (Å²) in [4.78, 5) is 21.4. The van der Waals surface area contributed by atoms with Gasteiger partial charge in [-0.2, -0.15) is 0 Å². The normalized spacial score (nSPS) is 11.1. The molecule has 1 aromatic carbocycles. The van der Waals surface area contributed by atoms with Gasteiger partial charge in [0, 0.05) is 11.4 Å². The summed E-state index contributed by atoms with van der Waals surface area (Å²) in [5.74, 6) is 1.80. The molecule has 4 rings (SSSR count). The first kappa shape index (κ1) is 21.0. The van der Waals surface area contributed by atoms with Crippen molar-refractivity contribution in [1.29, 1.82) is 0 Å². The van der Waals surface area contributed by atoms with Crippen LogP contribution in [0, 0.1) is 13.8 Å². The third-order valence-corrected chi connectivity index (χ3v) is 6.04. The lowest BCUT2D eigenvalue weighted by molar-refractivity contribution is -0.113. The largest absolute Gasteiger partial charge is 0.494 e. The number of carbonyl (C=O) groups is 1. The van der Waals surface area contributed by atoms with E-state index < -0.39 is 0 Å². The second kappa shape index (κ2) is 9.26. The van der Waals surface area contributed by atoms with Gasteiger partial charge in [-0.25, -0.2) is 9.97 Å². The van der Waals surface area contributed by atoms with Gasteiger partial charge in [0.2, 0.25) is 5.91 Å². The van der Waals surface area contributed by atoms with E-state index in [2.05, 4.69) is 33.7 Å². The van der Waals surface area contributed by atoms with Crippen LogP contribution in [-0.2, 0) is 11.3 Å². The van der Waals surface area contributed by atoms with Gasteiger partial charge in [0.1, 0.15) is 28.5 Å². The van der Waals surface area contributed by atoms with E-state index in [9.17, 15) is 4.79 Å². The maximum Gasteiger partial charge on any atom is 0.234 e. The summed E-state index contributed by atoms with van der Waals surface area (Å²) < 4.78 is 13.1. The van der Waals surface area contributed by atoms with Gasteiger partial charge >= 0.3 is 0 Å². The van der Waals surface area contributed by atoms with Crippen LogP contribution >= 0.6 is 11.8 Å². The van der Waals surface area contributed by atoms with Crippen molar-refractivity contribution in [2.75, 3.05) is 17.7 Å². The number of hydrogen-bond donors (Lipinski definition) is 1. The molecule has 31 heavy (non-hydrogen) atoms. The summed E-state index contributed by atoms with van der Waals surface area (Å²) in [5, 5.41) is 4.69. The predicted octanol–water partition coefficient (Wildman–Crippen LogP) is 4.82. The molecule has 0 radical (unpaired) electrons. The third kappa shape index (κ3) is 4.59. The van der Waals surface area contributed by atoms with Crippen molar-refractivity contribution in [3.05, 3.63) is 66.0 Å². The molecule has 1 amide bonds. The topological polar surface area (TPSA) is 82.2 Å². The van der Waals surface area contributed by atoms with Crippen LogP contribution < -0.4 is 10.1 Å². The molecule has 3 aromatic heterocycles. The maximum absolute atomic E-state index is 12.5. The van der Waals surface area contributed by atoms with Crippen molar-refractivity contribution in [3.8, 4) is 5.75 Å². The highest BCUT2D eigenvalue weighted by Crippen LogP contribution is 2.32. The third-order valence-electron chi connectivity index (χ3n) is 5.05. The Bertz CT molecular complexity index is 1180. The van der Waals surface area contributed by atoms with Crippen molar-refractivity contribution in [1.82, 2.24) is 14.5 Å². The minimum absolute atomic E-state index is 0.0923. The predicted molar refractivity (Wildman–Crippen MR) is 122 cm³/mol. The van der Waals surface area contributed by atoms with Crippen molar-refractivity contribution in [2.45, 2.75) is 32.3 Å². The Morgan fingerprint density at radius 1 is 1.19 bits per heavy atom. The average molecular weight is 437 g/mol. The molecule has 0 aliphatic rings. The Hall–Kier alpha value is -3.26. The minimum Gasteiger partial charge on any atom is -0.494 e. The molecule has 8 heteroatoms. The fourth-order valence-corrected chi connectivity index (χ4v) is 4.28. The monoisotopic (exact) mass is 436 g/mol. The van der Waals surface area contributed by atoms with Crippen LogP contribution in [0.1, 0.15) is 23.9 Å². The van der Waals surface area contributed by atoms with Crippen molar-refractivity contribution < 1.29 is 13.9 Å². The highest BCUT2D eigenvalue weighted by molar-refractivity contribution is 8.00. The number of furan rings is 1. The Morgan fingerprint density at radius 3 is 2.71 bits per heavy atom. The lowest BCUT2D eigenvalue weighted by Gasteiger charge is -2.08. The van der Waals surface area contributed by atoms with Crippen LogP contribution in [0.2, 0.25) is 0 Å². The minimum atomic E-state index is -0.0923. The van der Waals surface area contributed by atoms with Gasteiger partial charge in [0.25, 0.3) is 0 Å². The quantitative estimate of drug-likeness (QED) is 0.315. The second-order valence-electron chi connectivity index (χ2n) is 7.05. The highest BCUT2D eigenvalue weighted by atomic mass is 32.2. The second-order valence-corrected chi connectivity index (χ2v) is 8.01. The smallest absolute Gasteiger partial charge is 0.234 e. The van der Waals surface area contributed by atoms with E-state index in [4.69, 9.17) is 9.15 Å². The molecule has 0 spiro atoms. The van der Waals surface area contributed by atoms with E-state index >= 15 is 0 Å². The Balaban J connectivity index is 1.49. The van der Waals surface area contributed by atoms with Gasteiger partial charge < -0.3 is 19.0 Å². The molecule has 0 unspecified atom stereocenters. The van der Waals surface area contributed by atoms with Crippen LogP contribution in [0.4, 0.5) is 5.69 Å². The SMILES string of the molecule is CCOc1ccc(NC(=O)CSc2ncnc3c2c(C)c(C)n3Cc2ccco2)cc1. The lowest BCUT2D eigenvalue weighted by Crippen LogP contribution is -2.14. The standard InChI is InChI=1S/C23H24N4O3S/c1-4-29-18-9-7-17(8-10-18)26-20(28)13-31-23-21-15(2)16(3)27(22(21)24-14-25-23)12-19-6-5-11-30-19/h5-11,14H,4,12-13H2,1-3H3,(H,26,28). The van der Waals surface area contributed by atoms with E-state index in [-0.39, 0.29) is 11.7 Å². The molecule has 0 bridgehead atoms. The Kier molecular flexibility index (Phi) is 6.27. The van der Waals surface area contributed by atoms with Crippen LogP contribution in [0.3, 0.4) is 0 Å². The lowest BCUT2D eigenvalue weighted by atomic mass is 10.2. The number of nitrogens with zero attached hydrogens (tertiary/aromatic N) is 3. The van der Waals surface area contributed by atoms with Crippen molar-refractivity contribution in [3.63, 3.8) is 0 Å². The zero-order valence-corrected chi connectivity index (χ0v) is 18.5. The number of benzene rings is 1. The summed E-state index contributed by atoms with van der Waals surface area (Å²) >= 11 is 1.41. The molecule has 3 heterocycles. The number of fused-ring (bicyclic) bond motifs is 1. The summed E-state index contributed by atoms with van der Waals surface area (Å²) in [6.07, 6.45) is 3.22. The van der Waals surface area contributed by atoms with Crippen molar-refractivity contribution in [2.24, 2.45) is 0 Å². The fraction of sp³-hybridized carbons (Fsp3) is 0.261. The first-order chi connectivity index (χ1) is 15.1. The number of amides is 1. The fourth-order valence-electron chi connectivity index (χ4n) is 3.43. The Labute approximate surface area is 184 Å². The summed E-state index contributed by atoms with van der Waals surface area (Å²) in [6.45, 7) is 7.27. The number of thioether (sulfide) groups is 1. The molecule has 0 fully saturated rings. The van der Waals surface area contributed by atoms with Gasteiger partial charge in [-0.15, -0.1) is 0 Å². The number of rotatable bonds is 8. The summed E-state index contributed by atoms with van der Waals surface area (Å²) in [5.41, 5.74) is 3.79. The zero-order chi connectivity index (χ0) is 21.8. The first-order valence-electron chi connectivity index (χ1n) is 10.0. The van der Waals surface area contributed by atoms with Crippen LogP contribution in [-0.4, -0.2) is 32.8 Å². The molecular formula is C23H24N4O3S. The number of hydrogen-bond acceptors (Lipinski definition) is 6. The summed E-state index contributed by atoms with van der Waals surface area (Å²) in [7, 11) is 0. The van der Waals surface area contributed by atoms with E-state index in [1.165, 1.54) is 11.8 Å². The molecule has 7 nitrogen and oxygen atoms in total. The highest BCUT2D eigenvalue weighted by Gasteiger charge is 2.18. The molecule has 1 N–H and O–H groups in total. The molecule has 0 aliphatic heterocycles. The van der Waals surface area contributed by atoms with Gasteiger partial charge in [-0.1, -0.05) is 11.8 Å². The number of anilines is 1. The van der Waals surface area contributed by atoms with E-state index in [1.54, 1.807) is 12.6 Å². The number of aryl methyl sites for hydroxylation is 1. The molecule has 160 valence electrons. The van der Waals surface area contributed by atoms with E-state index in [1.807, 2.05) is 43.3 Å². The molecule has 0 atom stereocenters. The number of ether oxygens (including phenoxy) is 1. The zero-order valence-electron chi connectivity index (χ0n) is 17.7. The molecular weight excluding hydrogens is 412 g/mol. The van der Waals surface area contributed by atoms with E-state index in [0.717, 1.165) is 44.5 Å².